The molecule has 1 aromatic heterocycles. The predicted octanol–water partition coefficient (Wildman–Crippen LogP) is 3.77. The van der Waals surface area contributed by atoms with Crippen molar-refractivity contribution in [1.82, 2.24) is 5.32 Å². The molecule has 2 amide bonds. The van der Waals surface area contributed by atoms with E-state index >= 15 is 0 Å². The molecule has 0 bridgehead atoms. The Morgan fingerprint density at radius 1 is 1.18 bits per heavy atom. The molecule has 0 aliphatic rings. The number of carbonyl (C=O) groups excluding carboxylic acids is 3. The van der Waals surface area contributed by atoms with Crippen molar-refractivity contribution < 1.29 is 19.1 Å². The van der Waals surface area contributed by atoms with E-state index in [9.17, 15) is 14.4 Å². The molecular weight excluding hydrogens is 396 g/mol. The fourth-order valence-electron chi connectivity index (χ4n) is 2.57. The summed E-state index contributed by atoms with van der Waals surface area (Å²) in [5.41, 5.74) is 3.11. The van der Waals surface area contributed by atoms with E-state index in [0.29, 0.717) is 15.4 Å². The molecule has 0 unspecified atom stereocenters. The lowest BCUT2D eigenvalue weighted by molar-refractivity contribution is -0.113. The molecule has 0 aliphatic carbocycles. The van der Waals surface area contributed by atoms with Gasteiger partial charge >= 0.3 is 5.97 Å². The summed E-state index contributed by atoms with van der Waals surface area (Å²) in [5, 5.41) is 5.66. The van der Waals surface area contributed by atoms with Crippen LogP contribution >= 0.6 is 23.1 Å². The molecule has 6 nitrogen and oxygen atoms in total. The molecule has 2 rings (SSSR count). The highest BCUT2D eigenvalue weighted by Gasteiger charge is 2.26. The smallest absolute Gasteiger partial charge is 0.341 e. The first kappa shape index (κ1) is 22.0. The third-order valence-electron chi connectivity index (χ3n) is 4.06. The van der Waals surface area contributed by atoms with Gasteiger partial charge in [-0.25, -0.2) is 4.79 Å². The summed E-state index contributed by atoms with van der Waals surface area (Å²) >= 11 is 2.57. The number of anilines is 1. The third kappa shape index (κ3) is 5.36. The molecule has 1 heterocycles. The Kier molecular flexibility index (Phi) is 8.07. The average molecular weight is 421 g/mol. The molecule has 28 heavy (non-hydrogen) atoms. The van der Waals surface area contributed by atoms with Crippen molar-refractivity contribution in [2.45, 2.75) is 26.5 Å². The van der Waals surface area contributed by atoms with Gasteiger partial charge in [-0.1, -0.05) is 24.3 Å². The van der Waals surface area contributed by atoms with Gasteiger partial charge in [-0.3, -0.25) is 9.59 Å². The first-order valence-electron chi connectivity index (χ1n) is 8.83. The van der Waals surface area contributed by atoms with E-state index < -0.39 is 5.97 Å². The Hall–Kier alpha value is -2.32. The monoisotopic (exact) mass is 420 g/mol. The van der Waals surface area contributed by atoms with Crippen molar-refractivity contribution in [2.75, 3.05) is 24.7 Å². The Morgan fingerprint density at radius 3 is 2.54 bits per heavy atom. The van der Waals surface area contributed by atoms with E-state index in [0.717, 1.165) is 17.1 Å². The zero-order valence-electron chi connectivity index (χ0n) is 16.4. The lowest BCUT2D eigenvalue weighted by Gasteiger charge is -2.08. The van der Waals surface area contributed by atoms with E-state index in [2.05, 4.69) is 10.6 Å². The van der Waals surface area contributed by atoms with Gasteiger partial charge in [0.1, 0.15) is 5.00 Å². The number of nitrogens with one attached hydrogen (secondary N) is 2. The Labute approximate surface area is 173 Å². The summed E-state index contributed by atoms with van der Waals surface area (Å²) in [7, 11) is 1.52. The quantitative estimate of drug-likeness (QED) is 0.635. The van der Waals surface area contributed by atoms with Crippen LogP contribution in [0.1, 0.15) is 43.6 Å². The maximum absolute atomic E-state index is 12.4. The number of thiophene rings is 1. The number of benzene rings is 1. The number of aryl methyl sites for hydroxylation is 1. The number of rotatable bonds is 8. The van der Waals surface area contributed by atoms with E-state index in [1.165, 1.54) is 29.9 Å². The molecule has 8 heteroatoms. The van der Waals surface area contributed by atoms with Gasteiger partial charge in [0.2, 0.25) is 5.91 Å². The lowest BCUT2D eigenvalue weighted by atomic mass is 10.1. The summed E-state index contributed by atoms with van der Waals surface area (Å²) in [6.45, 7) is 5.63. The number of thioether (sulfide) groups is 1. The van der Waals surface area contributed by atoms with Crippen LogP contribution in [-0.4, -0.2) is 37.2 Å². The maximum Gasteiger partial charge on any atom is 0.341 e. The maximum atomic E-state index is 12.4. The summed E-state index contributed by atoms with van der Waals surface area (Å²) < 4.78 is 5.09. The minimum absolute atomic E-state index is 0.211. The standard InChI is InChI=1S/C20H24N2O4S2/c1-5-26-20(25)16-13(3)17(18(24)21-4)28-19(16)22-15(23)11-27-10-14-9-7-6-8-12(14)2/h6-9H,5,10-11H2,1-4H3,(H,21,24)(H,22,23). The highest BCUT2D eigenvalue weighted by atomic mass is 32.2. The molecule has 2 aromatic rings. The summed E-state index contributed by atoms with van der Waals surface area (Å²) in [4.78, 5) is 37.2. The van der Waals surface area contributed by atoms with Gasteiger partial charge in [0.15, 0.2) is 0 Å². The Balaban J connectivity index is 2.10. The van der Waals surface area contributed by atoms with Crippen molar-refractivity contribution in [3.05, 3.63) is 51.4 Å². The van der Waals surface area contributed by atoms with Gasteiger partial charge in [-0.05, 0) is 37.5 Å². The van der Waals surface area contributed by atoms with Gasteiger partial charge in [0.05, 0.1) is 22.8 Å². The largest absolute Gasteiger partial charge is 0.462 e. The average Bonchev–Trinajstić information content (AvgIpc) is 2.98. The van der Waals surface area contributed by atoms with Crippen LogP contribution in [0, 0.1) is 13.8 Å². The zero-order valence-corrected chi connectivity index (χ0v) is 18.0. The Morgan fingerprint density at radius 2 is 1.89 bits per heavy atom. The second-order valence-electron chi connectivity index (χ2n) is 6.03. The topological polar surface area (TPSA) is 84.5 Å². The molecule has 0 aliphatic heterocycles. The van der Waals surface area contributed by atoms with Crippen LogP contribution in [0.5, 0.6) is 0 Å². The van der Waals surface area contributed by atoms with Crippen molar-refractivity contribution in [3.8, 4) is 0 Å². The predicted molar refractivity (Wildman–Crippen MR) is 114 cm³/mol. The Bertz CT molecular complexity index is 877. The summed E-state index contributed by atoms with van der Waals surface area (Å²) in [5.74, 6) is -0.119. The molecule has 0 saturated heterocycles. The number of carbonyl (C=O) groups is 3. The van der Waals surface area contributed by atoms with Crippen molar-refractivity contribution in [1.29, 1.82) is 0 Å². The number of amides is 2. The van der Waals surface area contributed by atoms with E-state index in [4.69, 9.17) is 4.74 Å². The first-order chi connectivity index (χ1) is 13.4. The molecule has 0 fully saturated rings. The normalized spacial score (nSPS) is 10.4. The zero-order chi connectivity index (χ0) is 20.7. The molecule has 0 radical (unpaired) electrons. The molecular formula is C20H24N2O4S2. The second-order valence-corrected chi connectivity index (χ2v) is 8.03. The highest BCUT2D eigenvalue weighted by Crippen LogP contribution is 2.34. The summed E-state index contributed by atoms with van der Waals surface area (Å²) in [6.07, 6.45) is 0. The van der Waals surface area contributed by atoms with Crippen LogP contribution in [0.15, 0.2) is 24.3 Å². The molecule has 2 N–H and O–H groups in total. The van der Waals surface area contributed by atoms with Gasteiger partial charge in [-0.15, -0.1) is 23.1 Å². The van der Waals surface area contributed by atoms with Crippen molar-refractivity contribution >= 4 is 45.9 Å². The number of ether oxygens (including phenoxy) is 1. The summed E-state index contributed by atoms with van der Waals surface area (Å²) in [6, 6.07) is 8.03. The fourth-order valence-corrected chi connectivity index (χ4v) is 4.63. The minimum Gasteiger partial charge on any atom is -0.462 e. The van der Waals surface area contributed by atoms with Gasteiger partial charge < -0.3 is 15.4 Å². The third-order valence-corrected chi connectivity index (χ3v) is 6.25. The molecule has 150 valence electrons. The number of esters is 1. The lowest BCUT2D eigenvalue weighted by Crippen LogP contribution is -2.18. The molecule has 0 atom stereocenters. The molecule has 0 saturated carbocycles. The van der Waals surface area contributed by atoms with Crippen molar-refractivity contribution in [3.63, 3.8) is 0 Å². The van der Waals surface area contributed by atoms with Gasteiger partial charge in [0.25, 0.3) is 5.91 Å². The minimum atomic E-state index is -0.547. The SMILES string of the molecule is CCOC(=O)c1c(NC(=O)CSCc2ccccc2C)sc(C(=O)NC)c1C. The molecule has 0 spiro atoms. The van der Waals surface area contributed by atoms with Crippen molar-refractivity contribution in [2.24, 2.45) is 0 Å². The van der Waals surface area contributed by atoms with E-state index in [1.54, 1.807) is 13.8 Å². The van der Waals surface area contributed by atoms with Crippen LogP contribution in [0.4, 0.5) is 5.00 Å². The number of hydrogen-bond acceptors (Lipinski definition) is 6. The second kappa shape index (κ2) is 10.3. The van der Waals surface area contributed by atoms with E-state index in [1.807, 2.05) is 31.2 Å². The van der Waals surface area contributed by atoms with Gasteiger partial charge in [0, 0.05) is 12.8 Å². The highest BCUT2D eigenvalue weighted by molar-refractivity contribution is 7.99. The van der Waals surface area contributed by atoms with Crippen LogP contribution < -0.4 is 10.6 Å². The molecule has 1 aromatic carbocycles. The first-order valence-corrected chi connectivity index (χ1v) is 10.8. The van der Waals surface area contributed by atoms with Crippen LogP contribution in [0.2, 0.25) is 0 Å². The van der Waals surface area contributed by atoms with E-state index in [-0.39, 0.29) is 29.7 Å². The number of hydrogen-bond donors (Lipinski definition) is 2. The van der Waals surface area contributed by atoms with Crippen LogP contribution in [0.3, 0.4) is 0 Å². The fraction of sp³-hybridized carbons (Fsp3) is 0.350. The van der Waals surface area contributed by atoms with Crippen LogP contribution in [-0.2, 0) is 15.3 Å². The van der Waals surface area contributed by atoms with Gasteiger partial charge in [-0.2, -0.15) is 0 Å². The van der Waals surface area contributed by atoms with Crippen LogP contribution in [0.25, 0.3) is 0 Å².